The molecule has 1 fully saturated rings. The molecule has 1 amide bonds. The van der Waals surface area contributed by atoms with Gasteiger partial charge < -0.3 is 10.6 Å². The van der Waals surface area contributed by atoms with Crippen LogP contribution in [0.5, 0.6) is 0 Å². The molecule has 2 atom stereocenters. The average molecular weight is 236 g/mol. The molecule has 0 aliphatic carbocycles. The highest BCUT2D eigenvalue weighted by molar-refractivity contribution is 5.94. The number of rotatable bonds is 3. The first-order valence-electron chi connectivity index (χ1n) is 5.94. The van der Waals surface area contributed by atoms with Gasteiger partial charge in [-0.05, 0) is 50.6 Å². The summed E-state index contributed by atoms with van der Waals surface area (Å²) in [5, 5.41) is 6.18. The van der Waals surface area contributed by atoms with Gasteiger partial charge in [-0.3, -0.25) is 4.79 Å². The normalized spacial score (nSPS) is 21.2. The maximum absolute atomic E-state index is 13.0. The van der Waals surface area contributed by atoms with Gasteiger partial charge in [0.1, 0.15) is 5.82 Å². The molecule has 0 saturated carbocycles. The van der Waals surface area contributed by atoms with Crippen molar-refractivity contribution in [3.05, 3.63) is 35.6 Å². The maximum Gasteiger partial charge on any atom is 0.251 e. The third-order valence-corrected chi connectivity index (χ3v) is 3.25. The van der Waals surface area contributed by atoms with Gasteiger partial charge in [-0.25, -0.2) is 4.39 Å². The Labute approximate surface area is 100 Å². The quantitative estimate of drug-likeness (QED) is 0.836. The molecular weight excluding hydrogens is 219 g/mol. The van der Waals surface area contributed by atoms with E-state index in [1.807, 2.05) is 6.92 Å². The summed E-state index contributed by atoms with van der Waals surface area (Å²) in [5.41, 5.74) is 0.378. The van der Waals surface area contributed by atoms with Gasteiger partial charge in [0.2, 0.25) is 0 Å². The second-order valence-electron chi connectivity index (χ2n) is 4.53. The Bertz CT molecular complexity index is 402. The van der Waals surface area contributed by atoms with Crippen molar-refractivity contribution in [1.82, 2.24) is 10.6 Å². The Balaban J connectivity index is 1.96. The molecule has 17 heavy (non-hydrogen) atoms. The van der Waals surface area contributed by atoms with Crippen molar-refractivity contribution in [2.45, 2.75) is 19.4 Å². The molecular formula is C13H17FN2O. The van der Waals surface area contributed by atoms with Gasteiger partial charge in [-0.2, -0.15) is 0 Å². The molecule has 2 N–H and O–H groups in total. The Hall–Kier alpha value is -1.42. The minimum absolute atomic E-state index is 0.112. The van der Waals surface area contributed by atoms with E-state index in [9.17, 15) is 9.18 Å². The molecule has 0 aromatic heterocycles. The summed E-state index contributed by atoms with van der Waals surface area (Å²) in [4.78, 5) is 11.9. The smallest absolute Gasteiger partial charge is 0.251 e. The van der Waals surface area contributed by atoms with E-state index in [0.29, 0.717) is 11.5 Å². The lowest BCUT2D eigenvalue weighted by molar-refractivity contribution is 0.0928. The fraction of sp³-hybridized carbons (Fsp3) is 0.462. The molecule has 1 aliphatic heterocycles. The highest BCUT2D eigenvalue weighted by Crippen LogP contribution is 2.13. The van der Waals surface area contributed by atoms with Gasteiger partial charge in [-0.15, -0.1) is 0 Å². The Morgan fingerprint density at radius 1 is 1.59 bits per heavy atom. The van der Waals surface area contributed by atoms with Crippen molar-refractivity contribution >= 4 is 5.91 Å². The molecule has 3 nitrogen and oxygen atoms in total. The molecule has 1 saturated heterocycles. The molecule has 0 bridgehead atoms. The zero-order valence-electron chi connectivity index (χ0n) is 9.87. The first-order chi connectivity index (χ1) is 8.16. The van der Waals surface area contributed by atoms with E-state index in [1.165, 1.54) is 12.1 Å². The molecule has 2 rings (SSSR count). The predicted octanol–water partition coefficient (Wildman–Crippen LogP) is 1.55. The summed E-state index contributed by atoms with van der Waals surface area (Å²) < 4.78 is 13.0. The molecule has 92 valence electrons. The molecule has 1 aliphatic rings. The number of carbonyl (C=O) groups excluding carboxylic acids is 1. The van der Waals surface area contributed by atoms with Crippen LogP contribution in [0.4, 0.5) is 4.39 Å². The van der Waals surface area contributed by atoms with Gasteiger partial charge in [0, 0.05) is 11.6 Å². The first kappa shape index (κ1) is 12.0. The van der Waals surface area contributed by atoms with Gasteiger partial charge >= 0.3 is 0 Å². The average Bonchev–Trinajstić information content (AvgIpc) is 2.82. The fourth-order valence-corrected chi connectivity index (χ4v) is 2.14. The Kier molecular flexibility index (Phi) is 3.74. The van der Waals surface area contributed by atoms with E-state index >= 15 is 0 Å². The van der Waals surface area contributed by atoms with E-state index < -0.39 is 0 Å². The van der Waals surface area contributed by atoms with Crippen LogP contribution in [-0.2, 0) is 0 Å². The Morgan fingerprint density at radius 2 is 2.41 bits per heavy atom. The van der Waals surface area contributed by atoms with Crippen LogP contribution in [0.1, 0.15) is 23.7 Å². The van der Waals surface area contributed by atoms with E-state index in [2.05, 4.69) is 10.6 Å². The molecule has 1 heterocycles. The van der Waals surface area contributed by atoms with Crippen LogP contribution in [0.3, 0.4) is 0 Å². The number of nitrogens with one attached hydrogen (secondary N) is 2. The van der Waals surface area contributed by atoms with E-state index in [-0.39, 0.29) is 17.8 Å². The largest absolute Gasteiger partial charge is 0.349 e. The Morgan fingerprint density at radius 3 is 3.06 bits per heavy atom. The van der Waals surface area contributed by atoms with Crippen LogP contribution in [-0.4, -0.2) is 25.0 Å². The van der Waals surface area contributed by atoms with Crippen molar-refractivity contribution in [1.29, 1.82) is 0 Å². The van der Waals surface area contributed by atoms with Crippen molar-refractivity contribution in [3.8, 4) is 0 Å². The summed E-state index contributed by atoms with van der Waals surface area (Å²) in [6, 6.07) is 5.88. The first-order valence-corrected chi connectivity index (χ1v) is 5.94. The predicted molar refractivity (Wildman–Crippen MR) is 64.3 cm³/mol. The van der Waals surface area contributed by atoms with Crippen LogP contribution in [0, 0.1) is 11.7 Å². The molecule has 0 spiro atoms. The fourth-order valence-electron chi connectivity index (χ4n) is 2.14. The number of halogens is 1. The van der Waals surface area contributed by atoms with Gasteiger partial charge in [0.05, 0.1) is 0 Å². The summed E-state index contributed by atoms with van der Waals surface area (Å²) in [7, 11) is 0. The third kappa shape index (κ3) is 3.03. The second kappa shape index (κ2) is 5.27. The van der Waals surface area contributed by atoms with E-state index in [1.54, 1.807) is 12.1 Å². The van der Waals surface area contributed by atoms with Crippen LogP contribution in [0.15, 0.2) is 24.3 Å². The minimum atomic E-state index is -0.382. The minimum Gasteiger partial charge on any atom is -0.349 e. The van der Waals surface area contributed by atoms with Crippen LogP contribution >= 0.6 is 0 Å². The van der Waals surface area contributed by atoms with Gasteiger partial charge in [0.15, 0.2) is 0 Å². The molecule has 0 radical (unpaired) electrons. The lowest BCUT2D eigenvalue weighted by Gasteiger charge is -2.19. The molecule has 1 aromatic carbocycles. The van der Waals surface area contributed by atoms with Crippen molar-refractivity contribution < 1.29 is 9.18 Å². The molecule has 1 aromatic rings. The zero-order chi connectivity index (χ0) is 12.3. The molecule has 2 unspecified atom stereocenters. The van der Waals surface area contributed by atoms with Crippen molar-refractivity contribution in [2.75, 3.05) is 13.1 Å². The van der Waals surface area contributed by atoms with Crippen molar-refractivity contribution in [2.24, 2.45) is 5.92 Å². The van der Waals surface area contributed by atoms with E-state index in [0.717, 1.165) is 19.5 Å². The lowest BCUT2D eigenvalue weighted by Crippen LogP contribution is -2.38. The standard InChI is InChI=1S/C13H17FN2O/c1-9(11-5-6-15-8-11)16-13(17)10-3-2-4-12(14)7-10/h2-4,7,9,11,15H,5-6,8H2,1H3,(H,16,17). The molecule has 4 heteroatoms. The summed E-state index contributed by atoms with van der Waals surface area (Å²) in [6.07, 6.45) is 1.07. The van der Waals surface area contributed by atoms with Gasteiger partial charge in [0.25, 0.3) is 5.91 Å². The van der Waals surface area contributed by atoms with E-state index in [4.69, 9.17) is 0 Å². The van der Waals surface area contributed by atoms with Crippen LogP contribution < -0.4 is 10.6 Å². The monoisotopic (exact) mass is 236 g/mol. The summed E-state index contributed by atoms with van der Waals surface area (Å²) in [5.74, 6) is -0.121. The number of carbonyl (C=O) groups is 1. The van der Waals surface area contributed by atoms with Crippen molar-refractivity contribution in [3.63, 3.8) is 0 Å². The topological polar surface area (TPSA) is 41.1 Å². The van der Waals surface area contributed by atoms with Crippen LogP contribution in [0.25, 0.3) is 0 Å². The zero-order valence-corrected chi connectivity index (χ0v) is 9.87. The maximum atomic E-state index is 13.0. The highest BCUT2D eigenvalue weighted by atomic mass is 19.1. The highest BCUT2D eigenvalue weighted by Gasteiger charge is 2.22. The number of benzene rings is 1. The number of amides is 1. The summed E-state index contributed by atoms with van der Waals surface area (Å²) >= 11 is 0. The van der Waals surface area contributed by atoms with Gasteiger partial charge in [-0.1, -0.05) is 6.07 Å². The third-order valence-electron chi connectivity index (χ3n) is 3.25. The summed E-state index contributed by atoms with van der Waals surface area (Å²) in [6.45, 7) is 3.93. The van der Waals surface area contributed by atoms with Crippen LogP contribution in [0.2, 0.25) is 0 Å². The SMILES string of the molecule is CC(NC(=O)c1cccc(F)c1)C1CCNC1. The lowest BCUT2D eigenvalue weighted by atomic mass is 10.0. The second-order valence-corrected chi connectivity index (χ2v) is 4.53. The number of hydrogen-bond acceptors (Lipinski definition) is 2. The number of hydrogen-bond donors (Lipinski definition) is 2.